The third-order valence-corrected chi connectivity index (χ3v) is 5.55. The Kier molecular flexibility index (Phi) is 7.41. The third kappa shape index (κ3) is 3.62. The maximum atomic E-state index is 4.98. The minimum Gasteiger partial charge on any atom is -0.186 e. The molecular weight excluding hydrogens is 244 g/mol. The van der Waals surface area contributed by atoms with Gasteiger partial charge in [0, 0.05) is 0 Å². The van der Waals surface area contributed by atoms with Crippen molar-refractivity contribution in [2.75, 3.05) is 0 Å². The van der Waals surface area contributed by atoms with E-state index in [-0.39, 0.29) is 11.1 Å². The van der Waals surface area contributed by atoms with Gasteiger partial charge in [-0.3, -0.25) is 0 Å². The predicted molar refractivity (Wildman–Crippen MR) is 90.3 cm³/mol. The fourth-order valence-corrected chi connectivity index (χ4v) is 3.76. The van der Waals surface area contributed by atoms with Gasteiger partial charge >= 0.3 is 0 Å². The Morgan fingerprint density at radius 1 is 0.550 bits per heavy atom. The largest absolute Gasteiger partial charge is 0.186 e. The second-order valence-corrected chi connectivity index (χ2v) is 7.51. The molecule has 0 amide bonds. The van der Waals surface area contributed by atoms with Crippen LogP contribution in [0.3, 0.4) is 0 Å². The lowest BCUT2D eigenvalue weighted by Crippen LogP contribution is -2.42. The molecular formula is C18H38N2. The fraction of sp³-hybridized carbons (Fsp3) is 1.00. The predicted octanol–water partition coefficient (Wildman–Crippen LogP) is 6.36. The lowest BCUT2D eigenvalue weighted by Gasteiger charge is -2.40. The van der Waals surface area contributed by atoms with Crippen molar-refractivity contribution in [2.45, 2.75) is 93.2 Å². The molecule has 0 radical (unpaired) electrons. The summed E-state index contributed by atoms with van der Waals surface area (Å²) < 4.78 is 0. The molecule has 120 valence electrons. The monoisotopic (exact) mass is 282 g/mol. The normalized spacial score (nSPS) is 14.5. The first-order valence-corrected chi connectivity index (χ1v) is 8.54. The minimum atomic E-state index is -0.0236. The van der Waals surface area contributed by atoms with Crippen LogP contribution in [-0.2, 0) is 0 Å². The second-order valence-electron chi connectivity index (χ2n) is 7.51. The van der Waals surface area contributed by atoms with E-state index in [1.54, 1.807) is 0 Å². The number of azo groups is 1. The smallest absolute Gasteiger partial charge is 0.0859 e. The van der Waals surface area contributed by atoms with Gasteiger partial charge in [0.1, 0.15) is 0 Å². The molecule has 0 heterocycles. The van der Waals surface area contributed by atoms with Gasteiger partial charge in [0.2, 0.25) is 0 Å². The van der Waals surface area contributed by atoms with Crippen molar-refractivity contribution in [3.8, 4) is 0 Å². The van der Waals surface area contributed by atoms with Crippen LogP contribution in [0, 0.1) is 23.7 Å². The Bertz CT molecular complexity index is 255. The van der Waals surface area contributed by atoms with E-state index in [0.717, 1.165) is 12.8 Å². The molecule has 0 fully saturated rings. The van der Waals surface area contributed by atoms with Gasteiger partial charge in [-0.15, -0.1) is 0 Å². The summed E-state index contributed by atoms with van der Waals surface area (Å²) in [6.45, 7) is 22.7. The molecule has 0 bridgehead atoms. The van der Waals surface area contributed by atoms with Crippen LogP contribution in [0.1, 0.15) is 82.1 Å². The third-order valence-electron chi connectivity index (χ3n) is 5.55. The quantitative estimate of drug-likeness (QED) is 0.463. The Morgan fingerprint density at radius 3 is 0.850 bits per heavy atom. The summed E-state index contributed by atoms with van der Waals surface area (Å²) in [5.41, 5.74) is -0.0472. The van der Waals surface area contributed by atoms with E-state index in [1.165, 1.54) is 0 Å². The van der Waals surface area contributed by atoms with Gasteiger partial charge in [-0.05, 0) is 36.5 Å². The molecule has 0 aliphatic heterocycles. The maximum Gasteiger partial charge on any atom is 0.0859 e. The Hall–Kier alpha value is -0.400. The van der Waals surface area contributed by atoms with Crippen LogP contribution in [0.25, 0.3) is 0 Å². The molecule has 0 aliphatic carbocycles. The van der Waals surface area contributed by atoms with Crippen molar-refractivity contribution in [3.05, 3.63) is 0 Å². The molecule has 0 aromatic heterocycles. The molecule has 0 spiro atoms. The first-order chi connectivity index (χ1) is 9.10. The average Bonchev–Trinajstić information content (AvgIpc) is 2.33. The van der Waals surface area contributed by atoms with Crippen molar-refractivity contribution in [3.63, 3.8) is 0 Å². The first kappa shape index (κ1) is 19.6. The van der Waals surface area contributed by atoms with Gasteiger partial charge in [-0.2, -0.15) is 10.2 Å². The molecule has 0 atom stereocenters. The SMILES string of the molecule is CCC(N=NC(CC)(C(C)C)C(C)C)(C(C)C)C(C)C. The van der Waals surface area contributed by atoms with Crippen molar-refractivity contribution in [2.24, 2.45) is 33.9 Å². The highest BCUT2D eigenvalue weighted by Gasteiger charge is 2.40. The van der Waals surface area contributed by atoms with Gasteiger partial charge in [0.05, 0.1) is 11.1 Å². The van der Waals surface area contributed by atoms with Gasteiger partial charge < -0.3 is 0 Å². The van der Waals surface area contributed by atoms with Gasteiger partial charge in [0.25, 0.3) is 0 Å². The Labute approximate surface area is 127 Å². The molecule has 0 saturated carbocycles. The molecule has 0 N–H and O–H groups in total. The number of hydrogen-bond donors (Lipinski definition) is 0. The van der Waals surface area contributed by atoms with E-state index in [0.29, 0.717) is 23.7 Å². The van der Waals surface area contributed by atoms with Gasteiger partial charge in [-0.25, -0.2) is 0 Å². The Morgan fingerprint density at radius 2 is 0.750 bits per heavy atom. The molecule has 2 heteroatoms. The standard InChI is InChI=1S/C18H38N2/c1-11-17(13(3)4,14(5)6)19-20-18(12-2,15(7)8)16(9)10/h13-16H,11-12H2,1-10H3. The molecule has 0 aliphatic rings. The minimum absolute atomic E-state index is 0.0236. The highest BCUT2D eigenvalue weighted by atomic mass is 15.2. The molecule has 0 unspecified atom stereocenters. The topological polar surface area (TPSA) is 24.7 Å². The van der Waals surface area contributed by atoms with Crippen LogP contribution < -0.4 is 0 Å². The zero-order valence-corrected chi connectivity index (χ0v) is 15.6. The van der Waals surface area contributed by atoms with E-state index in [2.05, 4.69) is 69.2 Å². The zero-order chi connectivity index (χ0) is 16.1. The van der Waals surface area contributed by atoms with Crippen LogP contribution in [0.15, 0.2) is 10.2 Å². The average molecular weight is 283 g/mol. The first-order valence-electron chi connectivity index (χ1n) is 8.54. The van der Waals surface area contributed by atoms with Crippen molar-refractivity contribution < 1.29 is 0 Å². The summed E-state index contributed by atoms with van der Waals surface area (Å²) in [4.78, 5) is 0. The summed E-state index contributed by atoms with van der Waals surface area (Å²) in [5.74, 6) is 2.07. The molecule has 0 saturated heterocycles. The maximum absolute atomic E-state index is 4.98. The summed E-state index contributed by atoms with van der Waals surface area (Å²) >= 11 is 0. The van der Waals surface area contributed by atoms with E-state index >= 15 is 0 Å². The summed E-state index contributed by atoms with van der Waals surface area (Å²) in [7, 11) is 0. The van der Waals surface area contributed by atoms with E-state index in [4.69, 9.17) is 10.2 Å². The number of hydrogen-bond acceptors (Lipinski definition) is 2. The number of rotatable bonds is 8. The van der Waals surface area contributed by atoms with Crippen LogP contribution in [0.4, 0.5) is 0 Å². The van der Waals surface area contributed by atoms with Crippen molar-refractivity contribution in [1.82, 2.24) is 0 Å². The van der Waals surface area contributed by atoms with Crippen molar-refractivity contribution in [1.29, 1.82) is 0 Å². The lowest BCUT2D eigenvalue weighted by atomic mass is 9.74. The van der Waals surface area contributed by atoms with Gasteiger partial charge in [-0.1, -0.05) is 69.2 Å². The Balaban J connectivity index is 5.69. The molecule has 0 rings (SSSR count). The molecule has 0 aromatic rings. The summed E-state index contributed by atoms with van der Waals surface area (Å²) in [5, 5.41) is 9.97. The van der Waals surface area contributed by atoms with Crippen molar-refractivity contribution >= 4 is 0 Å². The van der Waals surface area contributed by atoms with E-state index < -0.39 is 0 Å². The van der Waals surface area contributed by atoms with Crippen LogP contribution in [0.2, 0.25) is 0 Å². The van der Waals surface area contributed by atoms with E-state index in [1.807, 2.05) is 0 Å². The van der Waals surface area contributed by atoms with Crippen LogP contribution >= 0.6 is 0 Å². The number of nitrogens with zero attached hydrogens (tertiary/aromatic N) is 2. The fourth-order valence-electron chi connectivity index (χ4n) is 3.76. The molecule has 0 aromatic carbocycles. The summed E-state index contributed by atoms with van der Waals surface area (Å²) in [6, 6.07) is 0. The highest BCUT2D eigenvalue weighted by Crippen LogP contribution is 2.39. The van der Waals surface area contributed by atoms with Crippen LogP contribution in [-0.4, -0.2) is 11.1 Å². The van der Waals surface area contributed by atoms with Crippen LogP contribution in [0.5, 0.6) is 0 Å². The highest BCUT2D eigenvalue weighted by molar-refractivity contribution is 4.96. The van der Waals surface area contributed by atoms with E-state index in [9.17, 15) is 0 Å². The molecule has 20 heavy (non-hydrogen) atoms. The summed E-state index contributed by atoms with van der Waals surface area (Å²) in [6.07, 6.45) is 2.11. The lowest BCUT2D eigenvalue weighted by molar-refractivity contribution is 0.161. The zero-order valence-electron chi connectivity index (χ0n) is 15.6. The molecule has 2 nitrogen and oxygen atoms in total. The second kappa shape index (κ2) is 7.56. The van der Waals surface area contributed by atoms with Gasteiger partial charge in [0.15, 0.2) is 0 Å².